The van der Waals surface area contributed by atoms with Gasteiger partial charge in [0.25, 0.3) is 5.91 Å². The van der Waals surface area contributed by atoms with Crippen LogP contribution in [-0.2, 0) is 0 Å². The van der Waals surface area contributed by atoms with Gasteiger partial charge in [-0.3, -0.25) is 14.9 Å². The van der Waals surface area contributed by atoms with Crippen LogP contribution in [0.5, 0.6) is 5.75 Å². The van der Waals surface area contributed by atoms with Crippen molar-refractivity contribution in [1.29, 1.82) is 5.26 Å². The average molecular weight is 277 g/mol. The minimum atomic E-state index is -0.603. The molecule has 0 bridgehead atoms. The van der Waals surface area contributed by atoms with E-state index in [4.69, 9.17) is 10.00 Å². The van der Waals surface area contributed by atoms with Crippen LogP contribution in [0.4, 0.5) is 5.69 Å². The van der Waals surface area contributed by atoms with Gasteiger partial charge < -0.3 is 9.64 Å². The summed E-state index contributed by atoms with van der Waals surface area (Å²) in [5.41, 5.74) is -0.0792. The quantitative estimate of drug-likeness (QED) is 0.605. The van der Waals surface area contributed by atoms with Crippen molar-refractivity contribution in [3.63, 3.8) is 0 Å². The number of nitrogens with zero attached hydrogens (tertiary/aromatic N) is 3. The van der Waals surface area contributed by atoms with Crippen LogP contribution >= 0.6 is 0 Å². The van der Waals surface area contributed by atoms with E-state index in [1.54, 1.807) is 14.0 Å². The lowest BCUT2D eigenvalue weighted by atomic mass is 10.1. The molecule has 0 heterocycles. The van der Waals surface area contributed by atoms with Gasteiger partial charge in [-0.2, -0.15) is 5.26 Å². The van der Waals surface area contributed by atoms with E-state index in [0.29, 0.717) is 0 Å². The summed E-state index contributed by atoms with van der Waals surface area (Å²) in [6.45, 7) is 1.74. The van der Waals surface area contributed by atoms with Crippen LogP contribution in [0.15, 0.2) is 18.2 Å². The summed E-state index contributed by atoms with van der Waals surface area (Å²) in [7, 11) is 2.88. The summed E-state index contributed by atoms with van der Waals surface area (Å²) in [6, 6.07) is 5.73. The zero-order chi connectivity index (χ0) is 15.3. The molecule has 0 aliphatic carbocycles. The molecule has 7 nitrogen and oxygen atoms in total. The van der Waals surface area contributed by atoms with Crippen LogP contribution in [0.25, 0.3) is 0 Å². The van der Waals surface area contributed by atoms with E-state index in [9.17, 15) is 14.9 Å². The fraction of sp³-hybridized carbons (Fsp3) is 0.385. The molecule has 0 spiro atoms. The second-order valence-corrected chi connectivity index (χ2v) is 4.27. The lowest BCUT2D eigenvalue weighted by Crippen LogP contribution is -2.34. The summed E-state index contributed by atoms with van der Waals surface area (Å²) in [5.74, 6) is -0.280. The predicted molar refractivity (Wildman–Crippen MR) is 71.4 cm³/mol. The Morgan fingerprint density at radius 2 is 2.25 bits per heavy atom. The maximum atomic E-state index is 12.2. The molecule has 0 N–H and O–H groups in total. The molecule has 1 aromatic carbocycles. The number of nitriles is 1. The molecule has 0 radical (unpaired) electrons. The summed E-state index contributed by atoms with van der Waals surface area (Å²) >= 11 is 0. The van der Waals surface area contributed by atoms with Crippen molar-refractivity contribution < 1.29 is 14.5 Å². The van der Waals surface area contributed by atoms with E-state index in [-0.39, 0.29) is 35.4 Å². The molecular weight excluding hydrogens is 262 g/mol. The molecule has 1 atom stereocenters. The Hall–Kier alpha value is -2.62. The third-order valence-electron chi connectivity index (χ3n) is 2.99. The lowest BCUT2D eigenvalue weighted by molar-refractivity contribution is -0.385. The maximum absolute atomic E-state index is 12.2. The number of nitro groups is 1. The minimum Gasteiger partial charge on any atom is -0.490 e. The van der Waals surface area contributed by atoms with Crippen molar-refractivity contribution in [2.45, 2.75) is 19.4 Å². The molecule has 0 saturated carbocycles. The van der Waals surface area contributed by atoms with Crippen LogP contribution in [0, 0.1) is 21.4 Å². The van der Waals surface area contributed by atoms with Gasteiger partial charge in [-0.15, -0.1) is 0 Å². The van der Waals surface area contributed by atoms with E-state index in [0.717, 1.165) is 0 Å². The van der Waals surface area contributed by atoms with Crippen molar-refractivity contribution >= 4 is 11.6 Å². The van der Waals surface area contributed by atoms with Crippen LogP contribution in [0.3, 0.4) is 0 Å². The first-order valence-corrected chi connectivity index (χ1v) is 5.89. The molecule has 1 aromatic rings. The number of rotatable bonds is 5. The Bertz CT molecular complexity index is 565. The standard InChI is InChI=1S/C13H15N3O4/c1-9(6-7-14)15(2)13(17)10-4-5-12(20-3)11(8-10)16(18)19/h4-5,8-9H,6H2,1-3H3. The molecule has 106 valence electrons. The molecule has 0 aromatic heterocycles. The Morgan fingerprint density at radius 1 is 1.60 bits per heavy atom. The number of hydrogen-bond acceptors (Lipinski definition) is 5. The Kier molecular flexibility index (Phi) is 5.03. The molecule has 20 heavy (non-hydrogen) atoms. The van der Waals surface area contributed by atoms with Crippen LogP contribution in [-0.4, -0.2) is 35.9 Å². The number of hydrogen-bond donors (Lipinski definition) is 0. The van der Waals surface area contributed by atoms with Gasteiger partial charge in [0.2, 0.25) is 0 Å². The number of carbonyl (C=O) groups is 1. The van der Waals surface area contributed by atoms with E-state index >= 15 is 0 Å². The van der Waals surface area contributed by atoms with Crippen molar-refractivity contribution in [1.82, 2.24) is 4.90 Å². The lowest BCUT2D eigenvalue weighted by Gasteiger charge is -2.23. The molecule has 0 aliphatic rings. The smallest absolute Gasteiger partial charge is 0.311 e. The fourth-order valence-electron chi connectivity index (χ4n) is 1.64. The fourth-order valence-corrected chi connectivity index (χ4v) is 1.64. The molecule has 0 saturated heterocycles. The highest BCUT2D eigenvalue weighted by Crippen LogP contribution is 2.28. The Labute approximate surface area is 116 Å². The maximum Gasteiger partial charge on any atom is 0.311 e. The van der Waals surface area contributed by atoms with Gasteiger partial charge >= 0.3 is 5.69 Å². The molecule has 1 unspecified atom stereocenters. The number of amides is 1. The number of benzene rings is 1. The van der Waals surface area contributed by atoms with Crippen LogP contribution in [0.1, 0.15) is 23.7 Å². The molecule has 7 heteroatoms. The SMILES string of the molecule is COc1ccc(C(=O)N(C)C(C)CC#N)cc1[N+](=O)[O-]. The topological polar surface area (TPSA) is 96.5 Å². The Balaban J connectivity index is 3.09. The van der Waals surface area contributed by atoms with E-state index in [1.165, 1.54) is 30.2 Å². The number of methoxy groups -OCH3 is 1. The monoisotopic (exact) mass is 277 g/mol. The highest BCUT2D eigenvalue weighted by atomic mass is 16.6. The van der Waals surface area contributed by atoms with Crippen molar-refractivity contribution in [2.24, 2.45) is 0 Å². The van der Waals surface area contributed by atoms with Gasteiger partial charge in [0.05, 0.1) is 24.5 Å². The van der Waals surface area contributed by atoms with E-state index in [2.05, 4.69) is 0 Å². The van der Waals surface area contributed by atoms with E-state index in [1.807, 2.05) is 6.07 Å². The largest absolute Gasteiger partial charge is 0.490 e. The van der Waals surface area contributed by atoms with Gasteiger partial charge in [0.1, 0.15) is 0 Å². The normalized spacial score (nSPS) is 11.3. The molecular formula is C13H15N3O4. The van der Waals surface area contributed by atoms with Gasteiger partial charge in [-0.05, 0) is 19.1 Å². The molecule has 1 amide bonds. The van der Waals surface area contributed by atoms with Crippen LogP contribution < -0.4 is 4.74 Å². The summed E-state index contributed by atoms with van der Waals surface area (Å²) in [4.78, 5) is 23.9. The zero-order valence-electron chi connectivity index (χ0n) is 11.5. The first kappa shape index (κ1) is 15.4. The number of nitro benzene ring substituents is 1. The molecule has 0 aliphatic heterocycles. The van der Waals surface area contributed by atoms with Crippen molar-refractivity contribution in [3.05, 3.63) is 33.9 Å². The number of ether oxygens (including phenoxy) is 1. The number of carbonyl (C=O) groups excluding carboxylic acids is 1. The van der Waals surface area contributed by atoms with E-state index < -0.39 is 4.92 Å². The Morgan fingerprint density at radius 3 is 2.75 bits per heavy atom. The van der Waals surface area contributed by atoms with Crippen molar-refractivity contribution in [3.8, 4) is 11.8 Å². The molecule has 1 rings (SSSR count). The summed E-state index contributed by atoms with van der Waals surface area (Å²) in [6.07, 6.45) is 0.195. The summed E-state index contributed by atoms with van der Waals surface area (Å²) < 4.78 is 4.88. The van der Waals surface area contributed by atoms with Gasteiger partial charge in [-0.25, -0.2) is 0 Å². The third kappa shape index (κ3) is 3.23. The zero-order valence-corrected chi connectivity index (χ0v) is 11.5. The van der Waals surface area contributed by atoms with Gasteiger partial charge in [0.15, 0.2) is 5.75 Å². The van der Waals surface area contributed by atoms with Gasteiger partial charge in [0, 0.05) is 24.7 Å². The molecule has 0 fully saturated rings. The van der Waals surface area contributed by atoms with Gasteiger partial charge in [-0.1, -0.05) is 0 Å². The first-order chi connectivity index (χ1) is 9.42. The predicted octanol–water partition coefficient (Wildman–Crippen LogP) is 1.98. The van der Waals surface area contributed by atoms with Crippen molar-refractivity contribution in [2.75, 3.05) is 14.2 Å². The first-order valence-electron chi connectivity index (χ1n) is 5.89. The van der Waals surface area contributed by atoms with Crippen LogP contribution in [0.2, 0.25) is 0 Å². The summed E-state index contributed by atoms with van der Waals surface area (Å²) in [5, 5.41) is 19.5. The highest BCUT2D eigenvalue weighted by Gasteiger charge is 2.22. The second-order valence-electron chi connectivity index (χ2n) is 4.27. The highest BCUT2D eigenvalue weighted by molar-refractivity contribution is 5.95. The third-order valence-corrected chi connectivity index (χ3v) is 2.99. The average Bonchev–Trinajstić information content (AvgIpc) is 2.45. The second kappa shape index (κ2) is 6.52. The minimum absolute atomic E-state index is 0.0966.